The maximum absolute atomic E-state index is 12.2. The number of carboxylic acids is 1. The summed E-state index contributed by atoms with van der Waals surface area (Å²) in [4.78, 5) is 25.2. The van der Waals surface area contributed by atoms with Crippen LogP contribution in [0.1, 0.15) is 36.6 Å². The van der Waals surface area contributed by atoms with Crippen LogP contribution in [0.5, 0.6) is 0 Å². The van der Waals surface area contributed by atoms with E-state index in [1.807, 2.05) is 23.1 Å². The van der Waals surface area contributed by atoms with Crippen molar-refractivity contribution >= 4 is 23.6 Å². The smallest absolute Gasteiger partial charge is 0.306 e. The highest BCUT2D eigenvalue weighted by Gasteiger charge is 2.35. The summed E-state index contributed by atoms with van der Waals surface area (Å²) < 4.78 is 0. The van der Waals surface area contributed by atoms with E-state index in [0.717, 1.165) is 32.2 Å². The predicted molar refractivity (Wildman–Crippen MR) is 86.4 cm³/mol. The van der Waals surface area contributed by atoms with Crippen molar-refractivity contribution in [2.24, 2.45) is 11.8 Å². The zero-order valence-corrected chi connectivity index (χ0v) is 13.3. The molecule has 3 rings (SSSR count). The van der Waals surface area contributed by atoms with E-state index in [2.05, 4.69) is 12.1 Å². The molecule has 0 radical (unpaired) electrons. The average molecular weight is 319 g/mol. The number of aliphatic carboxylic acids is 1. The molecule has 22 heavy (non-hydrogen) atoms. The topological polar surface area (TPSA) is 57.6 Å². The third-order valence-corrected chi connectivity index (χ3v) is 5.96. The highest BCUT2D eigenvalue weighted by atomic mass is 32.2. The minimum Gasteiger partial charge on any atom is -0.481 e. The Kier molecular flexibility index (Phi) is 4.71. The van der Waals surface area contributed by atoms with Gasteiger partial charge in [-0.2, -0.15) is 0 Å². The van der Waals surface area contributed by atoms with E-state index in [1.165, 1.54) is 5.56 Å². The summed E-state index contributed by atoms with van der Waals surface area (Å²) in [6.45, 7) is 0.762. The standard InChI is InChI=1S/C17H21NO3S/c19-15-11-22-16(13-4-2-1-3-5-13)18(15)10-12-6-8-14(9-7-12)17(20)21/h1-5,12,14,16H,6-11H2,(H,20,21)/t12-,14-,16?. The monoisotopic (exact) mass is 319 g/mol. The number of hydrogen-bond acceptors (Lipinski definition) is 3. The van der Waals surface area contributed by atoms with E-state index >= 15 is 0 Å². The number of rotatable bonds is 4. The molecule has 0 spiro atoms. The minimum atomic E-state index is -0.673. The minimum absolute atomic E-state index is 0.117. The molecule has 1 saturated heterocycles. The molecule has 1 aromatic carbocycles. The number of benzene rings is 1. The highest BCUT2D eigenvalue weighted by Crippen LogP contribution is 2.40. The van der Waals surface area contributed by atoms with Crippen molar-refractivity contribution < 1.29 is 14.7 Å². The second-order valence-electron chi connectivity index (χ2n) is 6.18. The molecular weight excluding hydrogens is 298 g/mol. The van der Waals surface area contributed by atoms with Gasteiger partial charge in [0.2, 0.25) is 5.91 Å². The van der Waals surface area contributed by atoms with Gasteiger partial charge in [-0.3, -0.25) is 9.59 Å². The van der Waals surface area contributed by atoms with Gasteiger partial charge in [-0.25, -0.2) is 0 Å². The Labute approximate surface area is 134 Å². The first-order valence-electron chi connectivity index (χ1n) is 7.84. The Balaban J connectivity index is 1.63. The van der Waals surface area contributed by atoms with Crippen LogP contribution >= 0.6 is 11.8 Å². The third kappa shape index (κ3) is 3.29. The van der Waals surface area contributed by atoms with Gasteiger partial charge in [0.1, 0.15) is 5.37 Å². The maximum atomic E-state index is 12.2. The Morgan fingerprint density at radius 1 is 1.18 bits per heavy atom. The number of carbonyl (C=O) groups is 2. The zero-order chi connectivity index (χ0) is 15.5. The molecule has 1 aliphatic carbocycles. The van der Waals surface area contributed by atoms with E-state index in [9.17, 15) is 9.59 Å². The van der Waals surface area contributed by atoms with Gasteiger partial charge in [0.15, 0.2) is 0 Å². The highest BCUT2D eigenvalue weighted by molar-refractivity contribution is 8.00. The van der Waals surface area contributed by atoms with Crippen LogP contribution in [0.3, 0.4) is 0 Å². The van der Waals surface area contributed by atoms with Crippen molar-refractivity contribution in [1.82, 2.24) is 4.90 Å². The molecule has 0 bridgehead atoms. The van der Waals surface area contributed by atoms with Gasteiger partial charge >= 0.3 is 5.97 Å². The number of hydrogen-bond donors (Lipinski definition) is 1. The lowest BCUT2D eigenvalue weighted by atomic mass is 9.82. The summed E-state index contributed by atoms with van der Waals surface area (Å²) in [6.07, 6.45) is 3.30. The van der Waals surface area contributed by atoms with Crippen molar-refractivity contribution in [3.05, 3.63) is 35.9 Å². The molecule has 1 atom stereocenters. The van der Waals surface area contributed by atoms with Crippen LogP contribution in [0.15, 0.2) is 30.3 Å². The summed E-state index contributed by atoms with van der Waals surface area (Å²) in [5, 5.41) is 9.19. The molecule has 1 saturated carbocycles. The number of carboxylic acid groups (broad SMARTS) is 1. The zero-order valence-electron chi connectivity index (χ0n) is 12.5. The summed E-state index contributed by atoms with van der Waals surface area (Å²) in [5.74, 6) is 0.325. The predicted octanol–water partition coefficient (Wildman–Crippen LogP) is 3.15. The number of carbonyl (C=O) groups excluding carboxylic acids is 1. The Bertz CT molecular complexity index is 540. The van der Waals surface area contributed by atoms with Gasteiger partial charge in [-0.05, 0) is 37.2 Å². The lowest BCUT2D eigenvalue weighted by molar-refractivity contribution is -0.143. The summed E-state index contributed by atoms with van der Waals surface area (Å²) in [5.41, 5.74) is 1.18. The van der Waals surface area contributed by atoms with E-state index in [-0.39, 0.29) is 17.2 Å². The van der Waals surface area contributed by atoms with Crippen molar-refractivity contribution in [3.63, 3.8) is 0 Å². The second kappa shape index (κ2) is 6.73. The normalized spacial score (nSPS) is 28.8. The van der Waals surface area contributed by atoms with Crippen LogP contribution in [-0.4, -0.2) is 34.2 Å². The van der Waals surface area contributed by atoms with Gasteiger partial charge in [-0.15, -0.1) is 11.8 Å². The molecule has 2 fully saturated rings. The molecule has 1 N–H and O–H groups in total. The number of nitrogens with zero attached hydrogens (tertiary/aromatic N) is 1. The van der Waals surface area contributed by atoms with Crippen molar-refractivity contribution in [2.45, 2.75) is 31.1 Å². The van der Waals surface area contributed by atoms with Crippen LogP contribution < -0.4 is 0 Å². The summed E-state index contributed by atoms with van der Waals surface area (Å²) >= 11 is 1.69. The summed E-state index contributed by atoms with van der Waals surface area (Å²) in [7, 11) is 0. The van der Waals surface area contributed by atoms with Crippen molar-refractivity contribution in [1.29, 1.82) is 0 Å². The third-order valence-electron chi connectivity index (χ3n) is 4.70. The lowest BCUT2D eigenvalue weighted by Crippen LogP contribution is -2.35. The fraction of sp³-hybridized carbons (Fsp3) is 0.529. The van der Waals surface area contributed by atoms with E-state index in [4.69, 9.17) is 5.11 Å². The molecule has 1 aromatic rings. The maximum Gasteiger partial charge on any atom is 0.306 e. The Hall–Kier alpha value is -1.49. The molecule has 1 unspecified atom stereocenters. The summed E-state index contributed by atoms with van der Waals surface area (Å²) in [6, 6.07) is 10.2. The van der Waals surface area contributed by atoms with Crippen LogP contribution in [0.4, 0.5) is 0 Å². The van der Waals surface area contributed by atoms with Crippen molar-refractivity contribution in [3.8, 4) is 0 Å². The molecule has 5 heteroatoms. The van der Waals surface area contributed by atoms with Crippen LogP contribution in [0.25, 0.3) is 0 Å². The van der Waals surface area contributed by atoms with E-state index in [0.29, 0.717) is 11.7 Å². The lowest BCUT2D eigenvalue weighted by Gasteiger charge is -2.32. The van der Waals surface area contributed by atoms with Crippen LogP contribution in [-0.2, 0) is 9.59 Å². The van der Waals surface area contributed by atoms with Gasteiger partial charge < -0.3 is 10.0 Å². The first-order chi connectivity index (χ1) is 10.6. The van der Waals surface area contributed by atoms with E-state index < -0.39 is 5.97 Å². The fourth-order valence-electron chi connectivity index (χ4n) is 3.42. The molecule has 118 valence electrons. The quantitative estimate of drug-likeness (QED) is 0.926. The molecule has 2 aliphatic rings. The van der Waals surface area contributed by atoms with Gasteiger partial charge in [0.25, 0.3) is 0 Å². The number of thioether (sulfide) groups is 1. The number of amides is 1. The van der Waals surface area contributed by atoms with E-state index in [1.54, 1.807) is 11.8 Å². The van der Waals surface area contributed by atoms with Gasteiger partial charge in [0, 0.05) is 6.54 Å². The molecule has 1 aliphatic heterocycles. The molecule has 1 amide bonds. The fourth-order valence-corrected chi connectivity index (χ4v) is 4.61. The van der Waals surface area contributed by atoms with Crippen molar-refractivity contribution in [2.75, 3.05) is 12.3 Å². The van der Waals surface area contributed by atoms with Crippen LogP contribution in [0, 0.1) is 11.8 Å². The first kappa shape index (κ1) is 15.4. The molecule has 0 aromatic heterocycles. The average Bonchev–Trinajstić information content (AvgIpc) is 2.90. The van der Waals surface area contributed by atoms with Crippen LogP contribution in [0.2, 0.25) is 0 Å². The SMILES string of the molecule is O=C1CSC(c2ccccc2)N1C[C@H]1CC[C@H](C(=O)O)CC1. The largest absolute Gasteiger partial charge is 0.481 e. The Morgan fingerprint density at radius 3 is 2.50 bits per heavy atom. The molecular formula is C17H21NO3S. The first-order valence-corrected chi connectivity index (χ1v) is 8.89. The van der Waals surface area contributed by atoms with Gasteiger partial charge in [0.05, 0.1) is 11.7 Å². The van der Waals surface area contributed by atoms with Gasteiger partial charge in [-0.1, -0.05) is 30.3 Å². The molecule has 1 heterocycles. The Morgan fingerprint density at radius 2 is 1.86 bits per heavy atom. The molecule has 4 nitrogen and oxygen atoms in total. The second-order valence-corrected chi connectivity index (χ2v) is 7.24.